The highest BCUT2D eigenvalue weighted by molar-refractivity contribution is 8.00. The molecule has 4 nitrogen and oxygen atoms in total. The van der Waals surface area contributed by atoms with Crippen LogP contribution in [0.15, 0.2) is 0 Å². The Bertz CT molecular complexity index is 389. The molecule has 5 heteroatoms. The Labute approximate surface area is 118 Å². The van der Waals surface area contributed by atoms with Gasteiger partial charge in [-0.15, -0.1) is 0 Å². The summed E-state index contributed by atoms with van der Waals surface area (Å²) in [7, 11) is 0. The molecule has 106 valence electrons. The first-order valence-electron chi connectivity index (χ1n) is 7.30. The third kappa shape index (κ3) is 2.55. The molecule has 1 atom stereocenters. The standard InChI is InChI=1S/C14H22N2O2S/c1-19-14(6-2-3-7-14)9-15-11-8-12(17)16(13(11)18)10-4-5-10/h10-11,15H,2-9H2,1H3. The first kappa shape index (κ1) is 13.4. The fourth-order valence-electron chi connectivity index (χ4n) is 3.31. The second-order valence-corrected chi connectivity index (χ2v) is 7.34. The van der Waals surface area contributed by atoms with E-state index in [-0.39, 0.29) is 28.6 Å². The van der Waals surface area contributed by atoms with Gasteiger partial charge in [0.15, 0.2) is 0 Å². The van der Waals surface area contributed by atoms with Gasteiger partial charge in [0.1, 0.15) is 0 Å². The Morgan fingerprint density at radius 2 is 2.00 bits per heavy atom. The van der Waals surface area contributed by atoms with Crippen molar-refractivity contribution in [3.8, 4) is 0 Å². The number of carbonyl (C=O) groups is 2. The molecule has 2 saturated carbocycles. The first-order chi connectivity index (χ1) is 9.15. The molecule has 0 bridgehead atoms. The molecule has 3 rings (SSSR count). The van der Waals surface area contributed by atoms with E-state index in [9.17, 15) is 9.59 Å². The molecule has 3 fully saturated rings. The first-order valence-corrected chi connectivity index (χ1v) is 8.52. The molecule has 0 radical (unpaired) electrons. The fourth-order valence-corrected chi connectivity index (χ4v) is 4.23. The summed E-state index contributed by atoms with van der Waals surface area (Å²) in [5.41, 5.74) is 0. The molecular formula is C14H22N2O2S. The van der Waals surface area contributed by atoms with Gasteiger partial charge < -0.3 is 5.32 Å². The van der Waals surface area contributed by atoms with E-state index in [1.54, 1.807) is 0 Å². The molecule has 1 unspecified atom stereocenters. The number of nitrogens with one attached hydrogen (secondary N) is 1. The third-order valence-electron chi connectivity index (χ3n) is 4.71. The van der Waals surface area contributed by atoms with E-state index < -0.39 is 0 Å². The summed E-state index contributed by atoms with van der Waals surface area (Å²) in [4.78, 5) is 25.6. The van der Waals surface area contributed by atoms with Crippen LogP contribution in [0.5, 0.6) is 0 Å². The van der Waals surface area contributed by atoms with Gasteiger partial charge in [-0.3, -0.25) is 14.5 Å². The predicted molar refractivity (Wildman–Crippen MR) is 76.0 cm³/mol. The minimum atomic E-state index is -0.266. The van der Waals surface area contributed by atoms with Crippen LogP contribution in [-0.2, 0) is 9.59 Å². The Hall–Kier alpha value is -0.550. The maximum absolute atomic E-state index is 12.2. The van der Waals surface area contributed by atoms with E-state index in [1.165, 1.54) is 30.6 Å². The molecule has 19 heavy (non-hydrogen) atoms. The summed E-state index contributed by atoms with van der Waals surface area (Å²) in [5.74, 6) is 0.0383. The lowest BCUT2D eigenvalue weighted by Gasteiger charge is -2.28. The van der Waals surface area contributed by atoms with Crippen LogP contribution in [0, 0.1) is 0 Å². The number of imide groups is 1. The van der Waals surface area contributed by atoms with Crippen molar-refractivity contribution >= 4 is 23.6 Å². The van der Waals surface area contributed by atoms with Crippen LogP contribution in [0.1, 0.15) is 44.9 Å². The molecule has 0 aromatic carbocycles. The number of rotatable bonds is 5. The van der Waals surface area contributed by atoms with Crippen molar-refractivity contribution in [2.45, 2.75) is 61.8 Å². The molecule has 3 aliphatic rings. The number of thioether (sulfide) groups is 1. The van der Waals surface area contributed by atoms with E-state index in [0.29, 0.717) is 6.42 Å². The number of nitrogens with zero attached hydrogens (tertiary/aromatic N) is 1. The number of hydrogen-bond donors (Lipinski definition) is 1. The quantitative estimate of drug-likeness (QED) is 0.777. The zero-order valence-electron chi connectivity index (χ0n) is 11.5. The molecular weight excluding hydrogens is 260 g/mol. The zero-order chi connectivity index (χ0) is 13.5. The van der Waals surface area contributed by atoms with Crippen LogP contribution < -0.4 is 5.32 Å². The van der Waals surface area contributed by atoms with Gasteiger partial charge in [0.05, 0.1) is 12.5 Å². The maximum Gasteiger partial charge on any atom is 0.247 e. The topological polar surface area (TPSA) is 49.4 Å². The summed E-state index contributed by atoms with van der Waals surface area (Å²) >= 11 is 1.91. The highest BCUT2D eigenvalue weighted by atomic mass is 32.2. The van der Waals surface area contributed by atoms with Crippen LogP contribution in [-0.4, -0.2) is 46.3 Å². The van der Waals surface area contributed by atoms with Crippen LogP contribution in [0.2, 0.25) is 0 Å². The van der Waals surface area contributed by atoms with Crippen molar-refractivity contribution in [2.75, 3.05) is 12.8 Å². The minimum Gasteiger partial charge on any atom is -0.304 e. The van der Waals surface area contributed by atoms with Gasteiger partial charge in [0.2, 0.25) is 11.8 Å². The smallest absolute Gasteiger partial charge is 0.247 e. The Kier molecular flexibility index (Phi) is 3.60. The molecule has 0 aromatic rings. The van der Waals surface area contributed by atoms with Gasteiger partial charge in [-0.25, -0.2) is 0 Å². The monoisotopic (exact) mass is 282 g/mol. The van der Waals surface area contributed by atoms with Crippen LogP contribution in [0.3, 0.4) is 0 Å². The maximum atomic E-state index is 12.2. The van der Waals surface area contributed by atoms with Crippen LogP contribution >= 0.6 is 11.8 Å². The van der Waals surface area contributed by atoms with E-state index in [4.69, 9.17) is 0 Å². The molecule has 1 aliphatic heterocycles. The van der Waals surface area contributed by atoms with Gasteiger partial charge in [-0.2, -0.15) is 11.8 Å². The molecule has 2 aliphatic carbocycles. The summed E-state index contributed by atoms with van der Waals surface area (Å²) in [5, 5.41) is 3.38. The lowest BCUT2D eigenvalue weighted by Crippen LogP contribution is -2.45. The molecule has 1 heterocycles. The Morgan fingerprint density at radius 3 is 2.58 bits per heavy atom. The van der Waals surface area contributed by atoms with Crippen molar-refractivity contribution in [1.29, 1.82) is 0 Å². The van der Waals surface area contributed by atoms with E-state index in [2.05, 4.69) is 11.6 Å². The van der Waals surface area contributed by atoms with Crippen LogP contribution in [0.4, 0.5) is 0 Å². The van der Waals surface area contributed by atoms with Crippen molar-refractivity contribution in [2.24, 2.45) is 0 Å². The van der Waals surface area contributed by atoms with Gasteiger partial charge in [-0.05, 0) is 31.9 Å². The van der Waals surface area contributed by atoms with Crippen molar-refractivity contribution in [1.82, 2.24) is 10.2 Å². The van der Waals surface area contributed by atoms with Gasteiger partial charge >= 0.3 is 0 Å². The van der Waals surface area contributed by atoms with Crippen molar-refractivity contribution in [3.63, 3.8) is 0 Å². The van der Waals surface area contributed by atoms with E-state index >= 15 is 0 Å². The molecule has 1 saturated heterocycles. The summed E-state index contributed by atoms with van der Waals surface area (Å²) < 4.78 is 0.288. The number of amides is 2. The second kappa shape index (κ2) is 5.09. The van der Waals surface area contributed by atoms with Gasteiger partial charge in [0.25, 0.3) is 0 Å². The molecule has 0 aromatic heterocycles. The third-order valence-corrected chi connectivity index (χ3v) is 6.13. The predicted octanol–water partition coefficient (Wildman–Crippen LogP) is 1.54. The summed E-state index contributed by atoms with van der Waals surface area (Å²) in [6, 6.07) is -0.0504. The average Bonchev–Trinajstić information content (AvgIpc) is 3.04. The SMILES string of the molecule is CSC1(CNC2CC(=O)N(C3CC3)C2=O)CCCC1. The lowest BCUT2D eigenvalue weighted by atomic mass is 10.1. The normalized spacial score (nSPS) is 30.4. The molecule has 2 amide bonds. The summed E-state index contributed by atoms with van der Waals surface area (Å²) in [6.45, 7) is 0.857. The lowest BCUT2D eigenvalue weighted by molar-refractivity contribution is -0.139. The second-order valence-electron chi connectivity index (χ2n) is 6.07. The highest BCUT2D eigenvalue weighted by Gasteiger charge is 2.46. The molecule has 1 N–H and O–H groups in total. The highest BCUT2D eigenvalue weighted by Crippen LogP contribution is 2.40. The minimum absolute atomic E-state index is 0.0155. The number of likely N-dealkylation sites (tertiary alicyclic amines) is 1. The van der Waals surface area contributed by atoms with Gasteiger partial charge in [-0.1, -0.05) is 12.8 Å². The number of hydrogen-bond acceptors (Lipinski definition) is 4. The van der Waals surface area contributed by atoms with E-state index in [0.717, 1.165) is 19.4 Å². The Morgan fingerprint density at radius 1 is 1.32 bits per heavy atom. The Balaban J connectivity index is 1.58. The fraction of sp³-hybridized carbons (Fsp3) is 0.857. The van der Waals surface area contributed by atoms with Crippen molar-refractivity contribution < 1.29 is 9.59 Å². The summed E-state index contributed by atoms with van der Waals surface area (Å²) in [6.07, 6.45) is 9.54. The largest absolute Gasteiger partial charge is 0.304 e. The van der Waals surface area contributed by atoms with Gasteiger partial charge in [0, 0.05) is 17.3 Å². The van der Waals surface area contributed by atoms with Crippen LogP contribution in [0.25, 0.3) is 0 Å². The average molecular weight is 282 g/mol. The molecule has 0 spiro atoms. The zero-order valence-corrected chi connectivity index (χ0v) is 12.3. The van der Waals surface area contributed by atoms with Crippen molar-refractivity contribution in [3.05, 3.63) is 0 Å². The number of carbonyl (C=O) groups excluding carboxylic acids is 2. The van der Waals surface area contributed by atoms with E-state index in [1.807, 2.05) is 11.8 Å².